The normalized spacial score (nSPS) is 22.2. The summed E-state index contributed by atoms with van der Waals surface area (Å²) in [7, 11) is 0. The van der Waals surface area contributed by atoms with E-state index in [0.29, 0.717) is 6.54 Å². The summed E-state index contributed by atoms with van der Waals surface area (Å²) in [6, 6.07) is 6.56. The Morgan fingerprint density at radius 3 is 2.58 bits per heavy atom. The summed E-state index contributed by atoms with van der Waals surface area (Å²) in [6.45, 7) is 2.42. The smallest absolute Gasteiger partial charge is 0.335 e. The molecule has 0 radical (unpaired) electrons. The summed E-state index contributed by atoms with van der Waals surface area (Å²) >= 11 is 1.70. The maximum atomic E-state index is 12.1. The molecule has 2 rings (SSSR count). The number of carbonyl (C=O) groups excluding carboxylic acids is 1. The van der Waals surface area contributed by atoms with Crippen LogP contribution in [0.4, 0.5) is 0 Å². The minimum Gasteiger partial charge on any atom is -0.478 e. The fourth-order valence-corrected chi connectivity index (χ4v) is 3.32. The Labute approximate surface area is 116 Å². The van der Waals surface area contributed by atoms with E-state index in [0.717, 1.165) is 24.2 Å². The van der Waals surface area contributed by atoms with Crippen molar-refractivity contribution in [3.63, 3.8) is 0 Å². The lowest BCUT2D eigenvalue weighted by molar-refractivity contribution is -0.123. The van der Waals surface area contributed by atoms with Crippen molar-refractivity contribution in [1.29, 1.82) is 0 Å². The van der Waals surface area contributed by atoms with E-state index in [2.05, 4.69) is 5.32 Å². The van der Waals surface area contributed by atoms with Gasteiger partial charge in [-0.15, -0.1) is 11.8 Å². The fourth-order valence-electron chi connectivity index (χ4n) is 2.09. The highest BCUT2D eigenvalue weighted by Gasteiger charge is 2.36. The van der Waals surface area contributed by atoms with Crippen LogP contribution in [0.5, 0.6) is 0 Å². The van der Waals surface area contributed by atoms with Gasteiger partial charge in [0.05, 0.1) is 10.3 Å². The highest BCUT2D eigenvalue weighted by Crippen LogP contribution is 2.37. The SMILES string of the molecule is CC1(C(=O)NCc2ccc(C(=O)O)cc2)CCCS1. The minimum atomic E-state index is -0.939. The fraction of sp³-hybridized carbons (Fsp3) is 0.429. The molecule has 19 heavy (non-hydrogen) atoms. The van der Waals surface area contributed by atoms with Crippen LogP contribution in [0, 0.1) is 0 Å². The van der Waals surface area contributed by atoms with Crippen LogP contribution in [0.25, 0.3) is 0 Å². The van der Waals surface area contributed by atoms with Gasteiger partial charge in [0.25, 0.3) is 0 Å². The van der Waals surface area contributed by atoms with Crippen LogP contribution < -0.4 is 5.32 Å². The second-order valence-corrected chi connectivity index (χ2v) is 6.47. The van der Waals surface area contributed by atoms with Crippen LogP contribution in [0.15, 0.2) is 24.3 Å². The molecule has 0 saturated carbocycles. The van der Waals surface area contributed by atoms with Crippen LogP contribution >= 0.6 is 11.8 Å². The van der Waals surface area contributed by atoms with Gasteiger partial charge in [0.15, 0.2) is 0 Å². The first-order valence-electron chi connectivity index (χ1n) is 6.26. The zero-order chi connectivity index (χ0) is 13.9. The second kappa shape index (κ2) is 5.65. The maximum Gasteiger partial charge on any atom is 0.335 e. The van der Waals surface area contributed by atoms with Gasteiger partial charge < -0.3 is 10.4 Å². The standard InChI is InChI=1S/C14H17NO3S/c1-14(7-2-8-19-14)13(18)15-9-10-3-5-11(6-4-10)12(16)17/h3-6H,2,7-9H2,1H3,(H,15,18)(H,16,17). The van der Waals surface area contributed by atoms with Crippen molar-refractivity contribution in [3.05, 3.63) is 35.4 Å². The molecule has 1 saturated heterocycles. The molecular weight excluding hydrogens is 262 g/mol. The van der Waals surface area contributed by atoms with Crippen LogP contribution in [0.2, 0.25) is 0 Å². The summed E-state index contributed by atoms with van der Waals surface area (Å²) < 4.78 is -0.305. The molecule has 1 aromatic rings. The average Bonchev–Trinajstić information content (AvgIpc) is 2.84. The van der Waals surface area contributed by atoms with Crippen LogP contribution in [0.1, 0.15) is 35.7 Å². The van der Waals surface area contributed by atoms with E-state index in [1.807, 2.05) is 6.92 Å². The lowest BCUT2D eigenvalue weighted by Crippen LogP contribution is -2.39. The third-order valence-electron chi connectivity index (χ3n) is 3.35. The number of carbonyl (C=O) groups is 2. The number of thioether (sulfide) groups is 1. The lowest BCUT2D eigenvalue weighted by Gasteiger charge is -2.21. The molecule has 1 aliphatic heterocycles. The Bertz CT molecular complexity index is 478. The van der Waals surface area contributed by atoms with Crippen molar-refractivity contribution in [2.24, 2.45) is 0 Å². The Balaban J connectivity index is 1.91. The first kappa shape index (κ1) is 13.9. The highest BCUT2D eigenvalue weighted by atomic mass is 32.2. The lowest BCUT2D eigenvalue weighted by atomic mass is 10.0. The highest BCUT2D eigenvalue weighted by molar-refractivity contribution is 8.01. The van der Waals surface area contributed by atoms with Gasteiger partial charge in [-0.3, -0.25) is 4.79 Å². The summed E-state index contributed by atoms with van der Waals surface area (Å²) in [4.78, 5) is 22.8. The van der Waals surface area contributed by atoms with Gasteiger partial charge in [0.1, 0.15) is 0 Å². The van der Waals surface area contributed by atoms with E-state index in [4.69, 9.17) is 5.11 Å². The Morgan fingerprint density at radius 1 is 1.37 bits per heavy atom. The third-order valence-corrected chi connectivity index (χ3v) is 4.87. The van der Waals surface area contributed by atoms with E-state index in [1.165, 1.54) is 0 Å². The molecule has 5 heteroatoms. The second-order valence-electron chi connectivity index (χ2n) is 4.87. The zero-order valence-corrected chi connectivity index (χ0v) is 11.6. The maximum absolute atomic E-state index is 12.1. The average molecular weight is 279 g/mol. The summed E-state index contributed by atoms with van der Waals surface area (Å²) in [5.41, 5.74) is 1.17. The molecule has 1 unspecified atom stereocenters. The molecule has 102 valence electrons. The van der Waals surface area contributed by atoms with Gasteiger partial charge in [0, 0.05) is 6.54 Å². The quantitative estimate of drug-likeness (QED) is 0.887. The zero-order valence-electron chi connectivity index (χ0n) is 10.8. The molecule has 0 aromatic heterocycles. The van der Waals surface area contributed by atoms with Gasteiger partial charge in [-0.05, 0) is 43.2 Å². The number of benzene rings is 1. The molecule has 1 aromatic carbocycles. The van der Waals surface area contributed by atoms with E-state index in [-0.39, 0.29) is 16.2 Å². The molecule has 1 heterocycles. The third kappa shape index (κ3) is 3.29. The van der Waals surface area contributed by atoms with E-state index in [9.17, 15) is 9.59 Å². The van der Waals surface area contributed by atoms with Gasteiger partial charge in [-0.1, -0.05) is 12.1 Å². The first-order valence-corrected chi connectivity index (χ1v) is 7.24. The number of carboxylic acids is 1. The number of aromatic carboxylic acids is 1. The van der Waals surface area contributed by atoms with E-state index in [1.54, 1.807) is 36.0 Å². The van der Waals surface area contributed by atoms with Gasteiger partial charge in [0.2, 0.25) is 5.91 Å². The molecule has 1 aliphatic rings. The van der Waals surface area contributed by atoms with Crippen LogP contribution in [-0.2, 0) is 11.3 Å². The molecule has 1 fully saturated rings. The number of rotatable bonds is 4. The minimum absolute atomic E-state index is 0.0670. The summed E-state index contributed by atoms with van der Waals surface area (Å²) in [5.74, 6) is 0.166. The van der Waals surface area contributed by atoms with Crippen molar-refractivity contribution in [3.8, 4) is 0 Å². The predicted octanol–water partition coefficient (Wildman–Crippen LogP) is 2.29. The molecule has 1 atom stereocenters. The topological polar surface area (TPSA) is 66.4 Å². The van der Waals surface area contributed by atoms with E-state index >= 15 is 0 Å². The van der Waals surface area contributed by atoms with Gasteiger partial charge >= 0.3 is 5.97 Å². The number of amides is 1. The van der Waals surface area contributed by atoms with Crippen molar-refractivity contribution < 1.29 is 14.7 Å². The number of hydrogen-bond donors (Lipinski definition) is 2. The van der Waals surface area contributed by atoms with Gasteiger partial charge in [-0.25, -0.2) is 4.79 Å². The van der Waals surface area contributed by atoms with Crippen molar-refractivity contribution >= 4 is 23.6 Å². The largest absolute Gasteiger partial charge is 0.478 e. The molecule has 0 bridgehead atoms. The number of nitrogens with one attached hydrogen (secondary N) is 1. The Morgan fingerprint density at radius 2 is 2.05 bits per heavy atom. The summed E-state index contributed by atoms with van der Waals surface area (Å²) in [5, 5.41) is 11.7. The Hall–Kier alpha value is -1.49. The molecular formula is C14H17NO3S. The molecule has 0 aliphatic carbocycles. The van der Waals surface area contributed by atoms with Gasteiger partial charge in [-0.2, -0.15) is 0 Å². The van der Waals surface area contributed by atoms with Crippen LogP contribution in [-0.4, -0.2) is 27.5 Å². The summed E-state index contributed by atoms with van der Waals surface area (Å²) in [6.07, 6.45) is 2.00. The predicted molar refractivity (Wildman–Crippen MR) is 75.3 cm³/mol. The van der Waals surface area contributed by atoms with Crippen molar-refractivity contribution in [1.82, 2.24) is 5.32 Å². The van der Waals surface area contributed by atoms with Crippen LogP contribution in [0.3, 0.4) is 0 Å². The molecule has 0 spiro atoms. The Kier molecular flexibility index (Phi) is 4.14. The number of hydrogen-bond acceptors (Lipinski definition) is 3. The molecule has 1 amide bonds. The van der Waals surface area contributed by atoms with E-state index < -0.39 is 5.97 Å². The molecule has 2 N–H and O–H groups in total. The molecule has 4 nitrogen and oxygen atoms in total. The van der Waals surface area contributed by atoms with Crippen molar-refractivity contribution in [2.75, 3.05) is 5.75 Å². The van der Waals surface area contributed by atoms with Crippen molar-refractivity contribution in [2.45, 2.75) is 31.1 Å². The number of carboxylic acid groups (broad SMARTS) is 1. The monoisotopic (exact) mass is 279 g/mol. The first-order chi connectivity index (χ1) is 9.01.